The van der Waals surface area contributed by atoms with E-state index in [2.05, 4.69) is 10.3 Å². The summed E-state index contributed by atoms with van der Waals surface area (Å²) in [5.41, 5.74) is 1.12. The monoisotopic (exact) mass is 447 g/mol. The molecule has 0 saturated carbocycles. The Hall–Kier alpha value is -3.10. The number of carbonyl (C=O) groups excluding carboxylic acids is 1. The smallest absolute Gasteiger partial charge is 0.257 e. The maximum absolute atomic E-state index is 13.8. The van der Waals surface area contributed by atoms with Gasteiger partial charge in [-0.05, 0) is 36.8 Å². The average molecular weight is 448 g/mol. The Balaban J connectivity index is 1.92. The summed E-state index contributed by atoms with van der Waals surface area (Å²) in [6, 6.07) is 9.64. The first-order valence-electron chi connectivity index (χ1n) is 9.48. The van der Waals surface area contributed by atoms with E-state index in [9.17, 15) is 23.5 Å². The van der Waals surface area contributed by atoms with Crippen LogP contribution in [0.2, 0.25) is 5.02 Å². The number of aliphatic hydroxyl groups excluding tert-OH is 1. The molecule has 3 rings (SSSR count). The molecular weight excluding hydrogens is 428 g/mol. The van der Waals surface area contributed by atoms with E-state index >= 15 is 0 Å². The Morgan fingerprint density at radius 3 is 2.68 bits per heavy atom. The van der Waals surface area contributed by atoms with E-state index < -0.39 is 23.1 Å². The molecule has 1 heterocycles. The molecule has 0 spiro atoms. The van der Waals surface area contributed by atoms with Gasteiger partial charge in [0.25, 0.3) is 5.56 Å². The van der Waals surface area contributed by atoms with Crippen LogP contribution >= 0.6 is 11.6 Å². The van der Waals surface area contributed by atoms with Gasteiger partial charge in [-0.2, -0.15) is 0 Å². The van der Waals surface area contributed by atoms with Gasteiger partial charge in [-0.3, -0.25) is 14.2 Å². The van der Waals surface area contributed by atoms with Crippen LogP contribution in [0, 0.1) is 18.6 Å². The molecule has 3 aromatic rings. The third-order valence-corrected chi connectivity index (χ3v) is 4.98. The largest absolute Gasteiger partial charge is 0.396 e. The topological polar surface area (TPSA) is 84.2 Å². The van der Waals surface area contributed by atoms with Crippen molar-refractivity contribution < 1.29 is 18.7 Å². The molecule has 0 aliphatic rings. The van der Waals surface area contributed by atoms with Gasteiger partial charge < -0.3 is 10.4 Å². The number of nitrogens with one attached hydrogen (secondary N) is 1. The molecule has 0 fully saturated rings. The van der Waals surface area contributed by atoms with Crippen molar-refractivity contribution in [2.75, 3.05) is 6.61 Å². The van der Waals surface area contributed by atoms with Gasteiger partial charge in [-0.1, -0.05) is 29.8 Å². The number of hydrogen-bond donors (Lipinski definition) is 2. The number of aliphatic hydroxyl groups is 1. The van der Waals surface area contributed by atoms with Crippen LogP contribution in [0.15, 0.2) is 47.3 Å². The maximum Gasteiger partial charge on any atom is 0.257 e. The van der Waals surface area contributed by atoms with E-state index in [4.69, 9.17) is 11.6 Å². The van der Waals surface area contributed by atoms with E-state index in [1.54, 1.807) is 13.0 Å². The van der Waals surface area contributed by atoms with Gasteiger partial charge in [0.05, 0.1) is 5.02 Å². The second-order valence-corrected chi connectivity index (χ2v) is 7.31. The standard InChI is InChI=1S/C22H20ClF2N3O3/c1-13-17(7-8-29)22(31)28(21(27-13)15-3-2-4-16(24)10-15)12-20(30)26-11-14-5-6-19(25)18(23)9-14/h2-6,9-10,29H,7-8,11-12H2,1H3,(H,26,30). The number of aromatic nitrogens is 2. The zero-order valence-electron chi connectivity index (χ0n) is 16.7. The molecule has 0 aliphatic carbocycles. The summed E-state index contributed by atoms with van der Waals surface area (Å²) in [6.07, 6.45) is 0.0802. The van der Waals surface area contributed by atoms with Crippen molar-refractivity contribution in [3.05, 3.63) is 86.3 Å². The van der Waals surface area contributed by atoms with Crippen molar-refractivity contribution in [2.24, 2.45) is 0 Å². The Labute approximate surface area is 182 Å². The SMILES string of the molecule is Cc1nc(-c2cccc(F)c2)n(CC(=O)NCc2ccc(F)c(Cl)c2)c(=O)c1CCO. The van der Waals surface area contributed by atoms with Crippen LogP contribution < -0.4 is 10.9 Å². The maximum atomic E-state index is 13.8. The highest BCUT2D eigenvalue weighted by Gasteiger charge is 2.18. The number of amides is 1. The third-order valence-electron chi connectivity index (χ3n) is 4.69. The molecule has 1 amide bonds. The molecule has 0 unspecified atom stereocenters. The van der Waals surface area contributed by atoms with Crippen LogP contribution in [0.5, 0.6) is 0 Å². The second-order valence-electron chi connectivity index (χ2n) is 6.90. The predicted molar refractivity (Wildman–Crippen MR) is 113 cm³/mol. The van der Waals surface area contributed by atoms with Crippen LogP contribution in [0.1, 0.15) is 16.8 Å². The minimum atomic E-state index is -0.565. The first-order valence-corrected chi connectivity index (χ1v) is 9.85. The molecule has 31 heavy (non-hydrogen) atoms. The summed E-state index contributed by atoms with van der Waals surface area (Å²) < 4.78 is 28.2. The minimum Gasteiger partial charge on any atom is -0.396 e. The van der Waals surface area contributed by atoms with Gasteiger partial charge >= 0.3 is 0 Å². The van der Waals surface area contributed by atoms with Gasteiger partial charge in [-0.15, -0.1) is 0 Å². The fourth-order valence-corrected chi connectivity index (χ4v) is 3.35. The van der Waals surface area contributed by atoms with Crippen LogP contribution in [-0.2, 0) is 24.3 Å². The summed E-state index contributed by atoms with van der Waals surface area (Å²) in [7, 11) is 0. The van der Waals surface area contributed by atoms with Crippen molar-refractivity contribution in [2.45, 2.75) is 26.4 Å². The first kappa shape index (κ1) is 22.6. The molecule has 2 N–H and O–H groups in total. The first-order chi connectivity index (χ1) is 14.8. The normalized spacial score (nSPS) is 10.9. The Morgan fingerprint density at radius 1 is 1.23 bits per heavy atom. The molecule has 6 nitrogen and oxygen atoms in total. The van der Waals surface area contributed by atoms with Crippen LogP contribution in [0.3, 0.4) is 0 Å². The highest BCUT2D eigenvalue weighted by atomic mass is 35.5. The predicted octanol–water partition coefficient (Wildman–Crippen LogP) is 3.00. The number of carbonyl (C=O) groups is 1. The average Bonchev–Trinajstić information content (AvgIpc) is 2.74. The number of hydrogen-bond acceptors (Lipinski definition) is 4. The zero-order chi connectivity index (χ0) is 22.5. The van der Waals surface area contributed by atoms with Crippen molar-refractivity contribution in [3.63, 3.8) is 0 Å². The Bertz CT molecular complexity index is 1180. The van der Waals surface area contributed by atoms with Gasteiger partial charge in [0.2, 0.25) is 5.91 Å². The highest BCUT2D eigenvalue weighted by Crippen LogP contribution is 2.19. The summed E-state index contributed by atoms with van der Waals surface area (Å²) >= 11 is 5.75. The number of aryl methyl sites for hydroxylation is 1. The lowest BCUT2D eigenvalue weighted by Crippen LogP contribution is -2.35. The molecule has 162 valence electrons. The molecule has 1 aromatic heterocycles. The molecule has 0 atom stereocenters. The van der Waals surface area contributed by atoms with Crippen molar-refractivity contribution in [1.82, 2.24) is 14.9 Å². The number of rotatable bonds is 7. The van der Waals surface area contributed by atoms with Gasteiger partial charge in [-0.25, -0.2) is 13.8 Å². The lowest BCUT2D eigenvalue weighted by atomic mass is 10.1. The fourth-order valence-electron chi connectivity index (χ4n) is 3.14. The van der Waals surface area contributed by atoms with E-state index in [0.29, 0.717) is 16.8 Å². The van der Waals surface area contributed by atoms with Crippen molar-refractivity contribution >= 4 is 17.5 Å². The zero-order valence-corrected chi connectivity index (χ0v) is 17.4. The van der Waals surface area contributed by atoms with Gasteiger partial charge in [0, 0.05) is 36.4 Å². The second kappa shape index (κ2) is 9.80. The molecule has 2 aromatic carbocycles. The van der Waals surface area contributed by atoms with Crippen LogP contribution in [0.4, 0.5) is 8.78 Å². The summed E-state index contributed by atoms with van der Waals surface area (Å²) in [4.78, 5) is 30.0. The van der Waals surface area contributed by atoms with Gasteiger partial charge in [0.1, 0.15) is 24.0 Å². The van der Waals surface area contributed by atoms with Crippen LogP contribution in [0.25, 0.3) is 11.4 Å². The molecular formula is C22H20ClF2N3O3. The molecule has 0 radical (unpaired) electrons. The van der Waals surface area contributed by atoms with E-state index in [-0.39, 0.29) is 42.5 Å². The minimum absolute atomic E-state index is 0.0623. The van der Waals surface area contributed by atoms with Crippen molar-refractivity contribution in [1.29, 1.82) is 0 Å². The lowest BCUT2D eigenvalue weighted by molar-refractivity contribution is -0.121. The lowest BCUT2D eigenvalue weighted by Gasteiger charge is -2.16. The fraction of sp³-hybridized carbons (Fsp3) is 0.227. The Kier molecular flexibility index (Phi) is 7.14. The summed E-state index contributed by atoms with van der Waals surface area (Å²) in [5, 5.41) is 11.9. The van der Waals surface area contributed by atoms with Crippen molar-refractivity contribution in [3.8, 4) is 11.4 Å². The van der Waals surface area contributed by atoms with E-state index in [0.717, 1.165) is 4.57 Å². The molecule has 0 bridgehead atoms. The summed E-state index contributed by atoms with van der Waals surface area (Å²) in [6.45, 7) is 1.07. The summed E-state index contributed by atoms with van der Waals surface area (Å²) in [5.74, 6) is -1.43. The van der Waals surface area contributed by atoms with Gasteiger partial charge in [0.15, 0.2) is 0 Å². The quantitative estimate of drug-likeness (QED) is 0.583. The third kappa shape index (κ3) is 5.34. The van der Waals surface area contributed by atoms with Crippen LogP contribution in [-0.4, -0.2) is 27.2 Å². The molecule has 0 aliphatic heterocycles. The van der Waals surface area contributed by atoms with E-state index in [1.807, 2.05) is 0 Å². The number of halogens is 3. The molecule has 9 heteroatoms. The highest BCUT2D eigenvalue weighted by molar-refractivity contribution is 6.30. The molecule has 0 saturated heterocycles. The number of benzene rings is 2. The number of nitrogens with zero attached hydrogens (tertiary/aromatic N) is 2. The van der Waals surface area contributed by atoms with E-state index in [1.165, 1.54) is 36.4 Å². The Morgan fingerprint density at radius 2 is 2.00 bits per heavy atom.